The second-order valence-corrected chi connectivity index (χ2v) is 6.80. The molecule has 0 atom stereocenters. The number of aromatic nitrogens is 2. The SMILES string of the molecule is O=C(CCc1ncc(-c2ccccc2)n1-c1ccccc1)Cc1ccccc1. The Morgan fingerprint density at radius 1 is 0.786 bits per heavy atom. The molecule has 4 aromatic rings. The number of carbonyl (C=O) groups excluding carboxylic acids is 1. The Morgan fingerprint density at radius 2 is 1.39 bits per heavy atom. The molecule has 138 valence electrons. The second-order valence-electron chi connectivity index (χ2n) is 6.80. The molecule has 3 nitrogen and oxygen atoms in total. The molecule has 0 amide bonds. The van der Waals surface area contributed by atoms with Crippen LogP contribution in [0.1, 0.15) is 17.8 Å². The largest absolute Gasteiger partial charge is 0.299 e. The monoisotopic (exact) mass is 366 g/mol. The maximum absolute atomic E-state index is 12.5. The van der Waals surface area contributed by atoms with Crippen LogP contribution in [0.3, 0.4) is 0 Å². The van der Waals surface area contributed by atoms with Gasteiger partial charge in [-0.2, -0.15) is 0 Å². The quantitative estimate of drug-likeness (QED) is 0.446. The molecule has 4 rings (SSSR count). The average Bonchev–Trinajstić information content (AvgIpc) is 3.18. The van der Waals surface area contributed by atoms with Gasteiger partial charge in [-0.15, -0.1) is 0 Å². The van der Waals surface area contributed by atoms with Gasteiger partial charge in [-0.05, 0) is 17.7 Å². The Labute approximate surface area is 165 Å². The van der Waals surface area contributed by atoms with Crippen molar-refractivity contribution in [2.24, 2.45) is 0 Å². The molecule has 0 aliphatic carbocycles. The number of hydrogen-bond acceptors (Lipinski definition) is 2. The minimum atomic E-state index is 0.232. The number of imidazole rings is 1. The number of nitrogens with zero attached hydrogens (tertiary/aromatic N) is 2. The number of para-hydroxylation sites is 1. The van der Waals surface area contributed by atoms with E-state index in [4.69, 9.17) is 0 Å². The standard InChI is InChI=1S/C25H22N2O/c28-23(18-20-10-4-1-5-11-20)16-17-25-26-19-24(21-12-6-2-7-13-21)27(25)22-14-8-3-9-15-22/h1-15,19H,16-18H2. The third-order valence-corrected chi connectivity index (χ3v) is 4.79. The molecule has 0 bridgehead atoms. The van der Waals surface area contributed by atoms with Crippen molar-refractivity contribution in [2.45, 2.75) is 19.3 Å². The van der Waals surface area contributed by atoms with E-state index >= 15 is 0 Å². The summed E-state index contributed by atoms with van der Waals surface area (Å²) in [5.74, 6) is 1.14. The van der Waals surface area contributed by atoms with Crippen molar-refractivity contribution in [2.75, 3.05) is 0 Å². The first-order chi connectivity index (χ1) is 13.8. The van der Waals surface area contributed by atoms with Crippen LogP contribution in [0.15, 0.2) is 97.2 Å². The van der Waals surface area contributed by atoms with Gasteiger partial charge in [0, 0.05) is 30.5 Å². The van der Waals surface area contributed by atoms with Gasteiger partial charge in [0.25, 0.3) is 0 Å². The van der Waals surface area contributed by atoms with E-state index in [0.717, 1.165) is 28.3 Å². The molecule has 0 unspecified atom stereocenters. The fourth-order valence-electron chi connectivity index (χ4n) is 3.41. The normalized spacial score (nSPS) is 10.7. The highest BCUT2D eigenvalue weighted by Gasteiger charge is 2.14. The summed E-state index contributed by atoms with van der Waals surface area (Å²) in [5.41, 5.74) is 4.27. The third-order valence-electron chi connectivity index (χ3n) is 4.79. The summed E-state index contributed by atoms with van der Waals surface area (Å²) >= 11 is 0. The van der Waals surface area contributed by atoms with E-state index in [1.807, 2.05) is 72.9 Å². The maximum Gasteiger partial charge on any atom is 0.137 e. The highest BCUT2D eigenvalue weighted by Crippen LogP contribution is 2.25. The summed E-state index contributed by atoms with van der Waals surface area (Å²) in [4.78, 5) is 17.1. The zero-order chi connectivity index (χ0) is 19.2. The molecule has 3 heteroatoms. The van der Waals surface area contributed by atoms with Crippen molar-refractivity contribution in [3.63, 3.8) is 0 Å². The van der Waals surface area contributed by atoms with Crippen LogP contribution in [0.5, 0.6) is 0 Å². The fourth-order valence-corrected chi connectivity index (χ4v) is 3.41. The van der Waals surface area contributed by atoms with Gasteiger partial charge in [-0.3, -0.25) is 9.36 Å². The maximum atomic E-state index is 12.5. The number of Topliss-reactive ketones (excluding diaryl/α,β-unsaturated/α-hetero) is 1. The fraction of sp³-hybridized carbons (Fsp3) is 0.120. The Kier molecular flexibility index (Phi) is 5.43. The number of carbonyl (C=O) groups is 1. The van der Waals surface area contributed by atoms with Crippen LogP contribution in [0, 0.1) is 0 Å². The second kappa shape index (κ2) is 8.49. The number of benzene rings is 3. The van der Waals surface area contributed by atoms with Gasteiger partial charge in [-0.1, -0.05) is 78.9 Å². The van der Waals surface area contributed by atoms with Gasteiger partial charge in [0.2, 0.25) is 0 Å². The minimum absolute atomic E-state index is 0.232. The molecule has 1 aromatic heterocycles. The van der Waals surface area contributed by atoms with Crippen molar-refractivity contribution >= 4 is 5.78 Å². The van der Waals surface area contributed by atoms with Crippen molar-refractivity contribution in [1.82, 2.24) is 9.55 Å². The lowest BCUT2D eigenvalue weighted by Crippen LogP contribution is -2.08. The molecule has 0 aliphatic heterocycles. The van der Waals surface area contributed by atoms with Crippen molar-refractivity contribution < 1.29 is 4.79 Å². The zero-order valence-electron chi connectivity index (χ0n) is 15.7. The van der Waals surface area contributed by atoms with E-state index < -0.39 is 0 Å². The Hall–Kier alpha value is -3.46. The summed E-state index contributed by atoms with van der Waals surface area (Å²) in [6.07, 6.45) is 3.47. The molecular formula is C25H22N2O. The molecule has 1 heterocycles. The molecule has 3 aromatic carbocycles. The van der Waals surface area contributed by atoms with Crippen molar-refractivity contribution in [3.8, 4) is 16.9 Å². The first-order valence-corrected chi connectivity index (χ1v) is 9.54. The van der Waals surface area contributed by atoms with E-state index in [0.29, 0.717) is 19.3 Å². The zero-order valence-corrected chi connectivity index (χ0v) is 15.7. The van der Waals surface area contributed by atoms with Crippen LogP contribution in [0.25, 0.3) is 16.9 Å². The summed E-state index contributed by atoms with van der Waals surface area (Å²) < 4.78 is 2.16. The van der Waals surface area contributed by atoms with Crippen molar-refractivity contribution in [1.29, 1.82) is 0 Å². The topological polar surface area (TPSA) is 34.9 Å². The molecule has 0 saturated carbocycles. The van der Waals surface area contributed by atoms with E-state index in [1.165, 1.54) is 0 Å². The van der Waals surface area contributed by atoms with Gasteiger partial charge >= 0.3 is 0 Å². The minimum Gasteiger partial charge on any atom is -0.299 e. The molecule has 0 aliphatic rings. The van der Waals surface area contributed by atoms with Gasteiger partial charge in [0.15, 0.2) is 0 Å². The smallest absolute Gasteiger partial charge is 0.137 e. The lowest BCUT2D eigenvalue weighted by molar-refractivity contribution is -0.118. The number of rotatable bonds is 7. The lowest BCUT2D eigenvalue weighted by atomic mass is 10.1. The third kappa shape index (κ3) is 4.09. The molecule has 0 saturated heterocycles. The van der Waals surface area contributed by atoms with Gasteiger partial charge in [-0.25, -0.2) is 4.98 Å². The van der Waals surface area contributed by atoms with Gasteiger partial charge in [0.1, 0.15) is 11.6 Å². The van der Waals surface area contributed by atoms with Crippen LogP contribution in [-0.2, 0) is 17.6 Å². The molecule has 0 radical (unpaired) electrons. The van der Waals surface area contributed by atoms with Crippen LogP contribution in [0.2, 0.25) is 0 Å². The molecular weight excluding hydrogens is 344 g/mol. The Balaban J connectivity index is 1.59. The number of aryl methyl sites for hydroxylation is 1. The van der Waals surface area contributed by atoms with Crippen LogP contribution < -0.4 is 0 Å². The summed E-state index contributed by atoms with van der Waals surface area (Å²) in [6, 6.07) is 30.3. The predicted octanol–water partition coefficient (Wildman–Crippen LogP) is 5.28. The van der Waals surface area contributed by atoms with E-state index in [-0.39, 0.29) is 5.78 Å². The van der Waals surface area contributed by atoms with Crippen molar-refractivity contribution in [3.05, 3.63) is 109 Å². The molecule has 0 N–H and O–H groups in total. The van der Waals surface area contributed by atoms with Crippen LogP contribution in [0.4, 0.5) is 0 Å². The Morgan fingerprint density at radius 3 is 2.07 bits per heavy atom. The highest BCUT2D eigenvalue weighted by molar-refractivity contribution is 5.81. The van der Waals surface area contributed by atoms with E-state index in [2.05, 4.69) is 33.8 Å². The number of hydrogen-bond donors (Lipinski definition) is 0. The molecule has 0 fully saturated rings. The average molecular weight is 366 g/mol. The van der Waals surface area contributed by atoms with Gasteiger partial charge in [0.05, 0.1) is 11.9 Å². The predicted molar refractivity (Wildman–Crippen MR) is 112 cm³/mol. The summed E-state index contributed by atoms with van der Waals surface area (Å²) in [5, 5.41) is 0. The van der Waals surface area contributed by atoms with E-state index in [9.17, 15) is 4.79 Å². The van der Waals surface area contributed by atoms with E-state index in [1.54, 1.807) is 0 Å². The summed E-state index contributed by atoms with van der Waals surface area (Å²) in [6.45, 7) is 0. The number of ketones is 1. The first-order valence-electron chi connectivity index (χ1n) is 9.54. The Bertz CT molecular complexity index is 1040. The lowest BCUT2D eigenvalue weighted by Gasteiger charge is -2.12. The molecule has 28 heavy (non-hydrogen) atoms. The molecule has 0 spiro atoms. The van der Waals surface area contributed by atoms with Gasteiger partial charge < -0.3 is 0 Å². The first kappa shape index (κ1) is 17.9. The highest BCUT2D eigenvalue weighted by atomic mass is 16.1. The van der Waals surface area contributed by atoms with Crippen LogP contribution in [-0.4, -0.2) is 15.3 Å². The van der Waals surface area contributed by atoms with Crippen LogP contribution >= 0.6 is 0 Å². The summed E-state index contributed by atoms with van der Waals surface area (Å²) in [7, 11) is 0.